The van der Waals surface area contributed by atoms with Crippen molar-refractivity contribution in [1.29, 1.82) is 0 Å². The minimum atomic E-state index is -0.418. The van der Waals surface area contributed by atoms with Gasteiger partial charge in [-0.2, -0.15) is 0 Å². The van der Waals surface area contributed by atoms with E-state index in [-0.39, 0.29) is 11.4 Å². The number of aromatic nitrogens is 2. The van der Waals surface area contributed by atoms with Gasteiger partial charge in [-0.05, 0) is 0 Å². The van der Waals surface area contributed by atoms with Gasteiger partial charge in [-0.25, -0.2) is 4.79 Å². The van der Waals surface area contributed by atoms with E-state index in [2.05, 4.69) is 0 Å². The zero-order chi connectivity index (χ0) is 11.0. The number of nitrogens with two attached hydrogens (primary N) is 1. The summed E-state index contributed by atoms with van der Waals surface area (Å²) in [6, 6.07) is 0. The molecule has 0 aliphatic heterocycles. The lowest BCUT2D eigenvalue weighted by atomic mass is 10.4. The fraction of sp³-hybridized carbons (Fsp3) is 0.500. The van der Waals surface area contributed by atoms with Gasteiger partial charge in [-0.1, -0.05) is 0 Å². The van der Waals surface area contributed by atoms with E-state index < -0.39 is 5.69 Å². The molecule has 0 saturated carbocycles. The molecular formula is C8H14N4O2. The Morgan fingerprint density at radius 2 is 1.64 bits per heavy atom. The Balaban J connectivity index is 3.79. The Kier molecular flexibility index (Phi) is 2.37. The van der Waals surface area contributed by atoms with Gasteiger partial charge in [0.05, 0.1) is 0 Å². The molecule has 0 atom stereocenters. The maximum absolute atomic E-state index is 11.6. The van der Waals surface area contributed by atoms with Crippen molar-refractivity contribution in [3.8, 4) is 0 Å². The van der Waals surface area contributed by atoms with Crippen molar-refractivity contribution in [3.63, 3.8) is 0 Å². The average molecular weight is 198 g/mol. The van der Waals surface area contributed by atoms with E-state index >= 15 is 0 Å². The molecule has 0 saturated heterocycles. The Bertz CT molecular complexity index is 469. The van der Waals surface area contributed by atoms with E-state index in [1.807, 2.05) is 0 Å². The highest BCUT2D eigenvalue weighted by atomic mass is 16.2. The molecule has 78 valence electrons. The van der Waals surface area contributed by atoms with Gasteiger partial charge in [0.1, 0.15) is 11.5 Å². The van der Waals surface area contributed by atoms with Crippen molar-refractivity contribution in [3.05, 3.63) is 20.8 Å². The summed E-state index contributed by atoms with van der Waals surface area (Å²) < 4.78 is 2.28. The first-order chi connectivity index (χ1) is 6.37. The lowest BCUT2D eigenvalue weighted by Crippen LogP contribution is -2.41. The number of rotatable bonds is 1. The summed E-state index contributed by atoms with van der Waals surface area (Å²) in [5.74, 6) is 0.183. The van der Waals surface area contributed by atoms with E-state index in [0.717, 1.165) is 4.57 Å². The number of hydrogen-bond acceptors (Lipinski definition) is 4. The van der Waals surface area contributed by atoms with Gasteiger partial charge in [-0.3, -0.25) is 13.9 Å². The predicted molar refractivity (Wildman–Crippen MR) is 55.7 cm³/mol. The third-order valence-corrected chi connectivity index (χ3v) is 2.13. The molecule has 14 heavy (non-hydrogen) atoms. The van der Waals surface area contributed by atoms with E-state index in [1.54, 1.807) is 19.0 Å². The predicted octanol–water partition coefficient (Wildman–Crippen LogP) is -1.27. The van der Waals surface area contributed by atoms with Crippen LogP contribution in [0.2, 0.25) is 0 Å². The molecule has 6 nitrogen and oxygen atoms in total. The smallest absolute Gasteiger partial charge is 0.332 e. The quantitative estimate of drug-likeness (QED) is 0.610. The highest BCUT2D eigenvalue weighted by Gasteiger charge is 2.13. The third kappa shape index (κ3) is 1.28. The van der Waals surface area contributed by atoms with Crippen LogP contribution in [0.4, 0.5) is 11.5 Å². The summed E-state index contributed by atoms with van der Waals surface area (Å²) in [6.45, 7) is 0. The van der Waals surface area contributed by atoms with Gasteiger partial charge in [0.25, 0.3) is 5.56 Å². The van der Waals surface area contributed by atoms with Crippen LogP contribution in [0.25, 0.3) is 0 Å². The Morgan fingerprint density at radius 1 is 1.14 bits per heavy atom. The van der Waals surface area contributed by atoms with Crippen LogP contribution in [0.5, 0.6) is 0 Å². The Labute approximate surface area is 81.2 Å². The molecule has 0 bridgehead atoms. The molecule has 0 aliphatic carbocycles. The fourth-order valence-corrected chi connectivity index (χ4v) is 1.26. The second-order valence-electron chi connectivity index (χ2n) is 3.33. The minimum Gasteiger partial charge on any atom is -0.383 e. The zero-order valence-electron chi connectivity index (χ0n) is 8.74. The molecule has 1 heterocycles. The molecular weight excluding hydrogens is 184 g/mol. The first-order valence-corrected chi connectivity index (χ1v) is 4.10. The standard InChI is InChI=1S/C8H14N4O2/c1-10(2)5-6(9)11(3)8(14)12(4)7(5)13/h9H2,1-4H3. The van der Waals surface area contributed by atoms with Gasteiger partial charge in [-0.15, -0.1) is 0 Å². The van der Waals surface area contributed by atoms with Gasteiger partial charge < -0.3 is 10.6 Å². The summed E-state index contributed by atoms with van der Waals surface area (Å²) in [5.41, 5.74) is 5.19. The fourth-order valence-electron chi connectivity index (χ4n) is 1.26. The van der Waals surface area contributed by atoms with E-state index in [9.17, 15) is 9.59 Å². The van der Waals surface area contributed by atoms with Crippen molar-refractivity contribution in [2.24, 2.45) is 14.1 Å². The van der Waals surface area contributed by atoms with Crippen LogP contribution in [0.1, 0.15) is 0 Å². The molecule has 1 aromatic heterocycles. The molecule has 1 aromatic rings. The highest BCUT2D eigenvalue weighted by molar-refractivity contribution is 5.61. The first kappa shape index (κ1) is 10.4. The van der Waals surface area contributed by atoms with Crippen LogP contribution in [-0.4, -0.2) is 23.2 Å². The van der Waals surface area contributed by atoms with Gasteiger partial charge >= 0.3 is 5.69 Å². The highest BCUT2D eigenvalue weighted by Crippen LogP contribution is 2.11. The number of hydrogen-bond donors (Lipinski definition) is 1. The van der Waals surface area contributed by atoms with E-state index in [4.69, 9.17) is 5.73 Å². The van der Waals surface area contributed by atoms with Crippen molar-refractivity contribution in [2.45, 2.75) is 0 Å². The largest absolute Gasteiger partial charge is 0.383 e. The number of anilines is 2. The van der Waals surface area contributed by atoms with E-state index in [1.165, 1.54) is 18.7 Å². The van der Waals surface area contributed by atoms with Crippen LogP contribution < -0.4 is 21.9 Å². The topological polar surface area (TPSA) is 73.3 Å². The minimum absolute atomic E-state index is 0.183. The van der Waals surface area contributed by atoms with Crippen LogP contribution in [0, 0.1) is 0 Å². The molecule has 0 amide bonds. The molecule has 0 aromatic carbocycles. The van der Waals surface area contributed by atoms with E-state index in [0.29, 0.717) is 5.69 Å². The van der Waals surface area contributed by atoms with Gasteiger partial charge in [0, 0.05) is 28.2 Å². The summed E-state index contributed by atoms with van der Waals surface area (Å²) in [5, 5.41) is 0. The van der Waals surface area contributed by atoms with Crippen LogP contribution in [0.3, 0.4) is 0 Å². The molecule has 0 radical (unpaired) electrons. The van der Waals surface area contributed by atoms with Gasteiger partial charge in [0.2, 0.25) is 0 Å². The summed E-state index contributed by atoms with van der Waals surface area (Å²) in [7, 11) is 6.37. The summed E-state index contributed by atoms with van der Waals surface area (Å²) in [6.07, 6.45) is 0. The second kappa shape index (κ2) is 3.21. The summed E-state index contributed by atoms with van der Waals surface area (Å²) >= 11 is 0. The van der Waals surface area contributed by atoms with Crippen molar-refractivity contribution in [2.75, 3.05) is 24.7 Å². The number of nitrogen functional groups attached to an aromatic ring is 1. The Morgan fingerprint density at radius 3 is 2.07 bits per heavy atom. The lowest BCUT2D eigenvalue weighted by Gasteiger charge is -2.17. The van der Waals surface area contributed by atoms with Crippen molar-refractivity contribution < 1.29 is 0 Å². The average Bonchev–Trinajstić information content (AvgIpc) is 2.11. The normalized spacial score (nSPS) is 10.3. The Hall–Kier alpha value is -1.72. The summed E-state index contributed by atoms with van der Waals surface area (Å²) in [4.78, 5) is 24.6. The SMILES string of the molecule is CN(C)c1c(N)n(C)c(=O)n(C)c1=O. The maximum Gasteiger partial charge on any atom is 0.332 e. The van der Waals surface area contributed by atoms with Crippen molar-refractivity contribution >= 4 is 11.5 Å². The molecule has 0 fully saturated rings. The molecule has 0 spiro atoms. The third-order valence-electron chi connectivity index (χ3n) is 2.13. The first-order valence-electron chi connectivity index (χ1n) is 4.10. The van der Waals surface area contributed by atoms with Crippen molar-refractivity contribution in [1.82, 2.24) is 9.13 Å². The molecule has 0 aliphatic rings. The lowest BCUT2D eigenvalue weighted by molar-refractivity contribution is 0.691. The monoisotopic (exact) mass is 198 g/mol. The maximum atomic E-state index is 11.6. The van der Waals surface area contributed by atoms with Crippen LogP contribution in [-0.2, 0) is 14.1 Å². The second-order valence-corrected chi connectivity index (χ2v) is 3.33. The van der Waals surface area contributed by atoms with Crippen LogP contribution in [0.15, 0.2) is 9.59 Å². The van der Waals surface area contributed by atoms with Gasteiger partial charge in [0.15, 0.2) is 0 Å². The molecule has 2 N–H and O–H groups in total. The molecule has 1 rings (SSSR count). The zero-order valence-corrected chi connectivity index (χ0v) is 8.74. The number of nitrogens with zero attached hydrogens (tertiary/aromatic N) is 3. The molecule has 6 heteroatoms. The molecule has 0 unspecified atom stereocenters. The van der Waals surface area contributed by atoms with Crippen LogP contribution >= 0.6 is 0 Å².